The first-order valence-corrected chi connectivity index (χ1v) is 15.1. The van der Waals surface area contributed by atoms with E-state index in [0.717, 1.165) is 12.1 Å². The Kier molecular flexibility index (Phi) is 11.5. The lowest BCUT2D eigenvalue weighted by atomic mass is 9.97. The first kappa shape index (κ1) is 36.6. The van der Waals surface area contributed by atoms with E-state index in [0.29, 0.717) is 46.9 Å². The van der Waals surface area contributed by atoms with Crippen molar-refractivity contribution in [3.8, 4) is 35.2 Å². The Labute approximate surface area is 293 Å². The van der Waals surface area contributed by atoms with Gasteiger partial charge < -0.3 is 18.9 Å². The summed E-state index contributed by atoms with van der Waals surface area (Å²) in [6, 6.07) is 16.9. The van der Waals surface area contributed by atoms with E-state index in [1.165, 1.54) is 14.2 Å². The third-order valence-corrected chi connectivity index (χ3v) is 7.37. The van der Waals surface area contributed by atoms with Gasteiger partial charge in [0.25, 0.3) is 0 Å². The summed E-state index contributed by atoms with van der Waals surface area (Å²) >= 11 is 0. The fourth-order valence-corrected chi connectivity index (χ4v) is 4.62. The summed E-state index contributed by atoms with van der Waals surface area (Å²) < 4.78 is 105. The van der Waals surface area contributed by atoms with Crippen LogP contribution in [0.4, 0.5) is 26.3 Å². The summed E-state index contributed by atoms with van der Waals surface area (Å²) in [5.74, 6) is 2.46. The summed E-state index contributed by atoms with van der Waals surface area (Å²) in [5.41, 5.74) is -1.41. The summed E-state index contributed by atoms with van der Waals surface area (Å²) in [5, 5.41) is 0. The molecule has 0 radical (unpaired) electrons. The first-order valence-electron chi connectivity index (χ1n) is 15.1. The Hall–Kier alpha value is -6.66. The van der Waals surface area contributed by atoms with Gasteiger partial charge in [-0.05, 0) is 60.7 Å². The molecule has 0 aliphatic carbocycles. The van der Waals surface area contributed by atoms with Crippen LogP contribution in [0.5, 0.6) is 11.5 Å². The molecule has 6 nitrogen and oxygen atoms in total. The van der Waals surface area contributed by atoms with Crippen LogP contribution in [0, 0.1) is 58.6 Å². The van der Waals surface area contributed by atoms with Crippen LogP contribution < -0.4 is 9.47 Å². The molecule has 12 heteroatoms. The number of esters is 2. The molecule has 262 valence electrons. The van der Waals surface area contributed by atoms with E-state index < -0.39 is 71.2 Å². The van der Waals surface area contributed by atoms with Gasteiger partial charge in [-0.1, -0.05) is 23.7 Å². The first-order chi connectivity index (χ1) is 24.9. The van der Waals surface area contributed by atoms with Crippen LogP contribution in [0.25, 0.3) is 0 Å². The summed E-state index contributed by atoms with van der Waals surface area (Å²) in [6.07, 6.45) is 0. The third-order valence-electron chi connectivity index (χ3n) is 7.37. The van der Waals surface area contributed by atoms with Crippen molar-refractivity contribution in [2.45, 2.75) is 13.2 Å². The molecule has 52 heavy (non-hydrogen) atoms. The summed E-state index contributed by atoms with van der Waals surface area (Å²) in [6.45, 7) is -1.87. The molecule has 0 amide bonds. The van der Waals surface area contributed by atoms with Gasteiger partial charge in [0.1, 0.15) is 59.6 Å². The molecule has 5 aromatic rings. The largest absolute Gasteiger partial charge is 0.497 e. The third kappa shape index (κ3) is 8.92. The van der Waals surface area contributed by atoms with Gasteiger partial charge in [0.15, 0.2) is 0 Å². The van der Waals surface area contributed by atoms with Crippen molar-refractivity contribution in [1.29, 1.82) is 0 Å². The molecule has 0 aromatic heterocycles. The van der Waals surface area contributed by atoms with Crippen LogP contribution in [-0.4, -0.2) is 26.2 Å². The predicted molar refractivity (Wildman–Crippen MR) is 175 cm³/mol. The van der Waals surface area contributed by atoms with Crippen LogP contribution in [0.1, 0.15) is 54.1 Å². The van der Waals surface area contributed by atoms with E-state index >= 15 is 0 Å². The smallest absolute Gasteiger partial charge is 0.339 e. The van der Waals surface area contributed by atoms with Crippen LogP contribution in [-0.2, 0) is 22.7 Å². The fraction of sp³-hybridized carbons (Fsp3) is 0.100. The minimum absolute atomic E-state index is 0.137. The van der Waals surface area contributed by atoms with Gasteiger partial charge in [-0.2, -0.15) is 0 Å². The highest BCUT2D eigenvalue weighted by atomic mass is 19.2. The van der Waals surface area contributed by atoms with Crippen molar-refractivity contribution in [3.63, 3.8) is 0 Å². The Morgan fingerprint density at radius 3 is 1.13 bits per heavy atom. The zero-order valence-corrected chi connectivity index (χ0v) is 27.2. The van der Waals surface area contributed by atoms with Crippen molar-refractivity contribution in [2.75, 3.05) is 14.2 Å². The number of benzene rings is 5. The maximum Gasteiger partial charge on any atom is 0.339 e. The minimum Gasteiger partial charge on any atom is -0.497 e. The number of hydrogen-bond acceptors (Lipinski definition) is 6. The van der Waals surface area contributed by atoms with Gasteiger partial charge in [-0.15, -0.1) is 0 Å². The van der Waals surface area contributed by atoms with Crippen molar-refractivity contribution in [3.05, 3.63) is 164 Å². The average molecular weight is 715 g/mol. The molecular formula is C40H24F6O6. The lowest BCUT2D eigenvalue weighted by Crippen LogP contribution is -2.14. The fourth-order valence-electron chi connectivity index (χ4n) is 4.62. The highest BCUT2D eigenvalue weighted by Crippen LogP contribution is 2.23. The maximum absolute atomic E-state index is 14.3. The number of carbonyl (C=O) groups excluding carboxylic acids is 2. The maximum atomic E-state index is 14.3. The standard InChI is InChI=1S/C40H24F6O6/c1-49-29-11-5-23(6-12-29)3-9-25-15-32(40(48)52-22-34-37(45)19-28(42)20-38(34)46)26(10-4-24-7-13-30(50-2)14-8-24)16-31(25)39(47)51-21-33-35(43)17-27(41)18-36(33)44/h5-8,11-20H,21-22H2,1-2H3. The lowest BCUT2D eigenvalue weighted by molar-refractivity contribution is 0.0449. The molecule has 5 aromatic carbocycles. The second-order valence-corrected chi connectivity index (χ2v) is 10.7. The van der Waals surface area contributed by atoms with Crippen LogP contribution >= 0.6 is 0 Å². The number of halogens is 6. The molecule has 0 fully saturated rings. The Morgan fingerprint density at radius 1 is 0.500 bits per heavy atom. The zero-order valence-electron chi connectivity index (χ0n) is 27.2. The van der Waals surface area contributed by atoms with Crippen molar-refractivity contribution in [1.82, 2.24) is 0 Å². The van der Waals surface area contributed by atoms with Gasteiger partial charge in [-0.3, -0.25) is 0 Å². The highest BCUT2D eigenvalue weighted by Gasteiger charge is 2.23. The molecule has 0 saturated heterocycles. The van der Waals surface area contributed by atoms with Gasteiger partial charge in [-0.25, -0.2) is 35.9 Å². The SMILES string of the molecule is COc1ccc(C#Cc2cc(C(=O)OCc3c(F)cc(F)cc3F)c(C#Cc3ccc(OC)cc3)cc2C(=O)OCc2c(F)cc(F)cc2F)cc1. The molecule has 0 aliphatic rings. The summed E-state index contributed by atoms with van der Waals surface area (Å²) in [7, 11) is 2.95. The quantitative estimate of drug-likeness (QED) is 0.0921. The van der Waals surface area contributed by atoms with Crippen LogP contribution in [0.2, 0.25) is 0 Å². The number of rotatable bonds is 8. The molecular weight excluding hydrogens is 690 g/mol. The number of methoxy groups -OCH3 is 2. The van der Waals surface area contributed by atoms with Crippen molar-refractivity contribution in [2.24, 2.45) is 0 Å². The number of hydrogen-bond donors (Lipinski definition) is 0. The average Bonchev–Trinajstić information content (AvgIpc) is 3.12. The lowest BCUT2D eigenvalue weighted by Gasteiger charge is -2.12. The van der Waals surface area contributed by atoms with E-state index in [-0.39, 0.29) is 22.3 Å². The number of ether oxygens (including phenoxy) is 4. The van der Waals surface area contributed by atoms with E-state index in [1.807, 2.05) is 0 Å². The topological polar surface area (TPSA) is 71.1 Å². The van der Waals surface area contributed by atoms with Crippen molar-refractivity contribution >= 4 is 11.9 Å². The highest BCUT2D eigenvalue weighted by molar-refractivity contribution is 5.98. The molecule has 5 rings (SSSR count). The molecule has 0 heterocycles. The van der Waals surface area contributed by atoms with E-state index in [4.69, 9.17) is 18.9 Å². The molecule has 0 saturated carbocycles. The Balaban J connectivity index is 1.60. The van der Waals surface area contributed by atoms with Gasteiger partial charge in [0.2, 0.25) is 0 Å². The normalized spacial score (nSPS) is 10.3. The van der Waals surface area contributed by atoms with Gasteiger partial charge >= 0.3 is 11.9 Å². The number of carbonyl (C=O) groups is 2. The van der Waals surface area contributed by atoms with Gasteiger partial charge in [0, 0.05) is 46.5 Å². The second-order valence-electron chi connectivity index (χ2n) is 10.7. The van der Waals surface area contributed by atoms with Crippen LogP contribution in [0.15, 0.2) is 84.9 Å². The predicted octanol–water partition coefficient (Wildman–Crippen LogP) is 8.05. The Morgan fingerprint density at radius 2 is 0.827 bits per heavy atom. The monoisotopic (exact) mass is 714 g/mol. The van der Waals surface area contributed by atoms with Crippen LogP contribution in [0.3, 0.4) is 0 Å². The van der Waals surface area contributed by atoms with E-state index in [1.54, 1.807) is 48.5 Å². The van der Waals surface area contributed by atoms with E-state index in [9.17, 15) is 35.9 Å². The molecule has 0 bridgehead atoms. The second kappa shape index (κ2) is 16.4. The summed E-state index contributed by atoms with van der Waals surface area (Å²) in [4.78, 5) is 27.0. The molecule has 0 spiro atoms. The molecule has 0 aliphatic heterocycles. The zero-order chi connectivity index (χ0) is 37.4. The Bertz CT molecular complexity index is 2070. The molecule has 0 atom stereocenters. The molecule has 0 N–H and O–H groups in total. The molecule has 0 unspecified atom stereocenters. The van der Waals surface area contributed by atoms with Crippen molar-refractivity contribution < 1.29 is 54.9 Å². The van der Waals surface area contributed by atoms with E-state index in [2.05, 4.69) is 23.7 Å². The minimum atomic E-state index is -1.29. The van der Waals surface area contributed by atoms with Gasteiger partial charge in [0.05, 0.1) is 36.5 Å².